The van der Waals surface area contributed by atoms with Gasteiger partial charge in [0, 0.05) is 55.2 Å². The Kier molecular flexibility index (Phi) is 5.65. The fourth-order valence-corrected chi connectivity index (χ4v) is 5.00. The predicted octanol–water partition coefficient (Wildman–Crippen LogP) is 8.34. The van der Waals surface area contributed by atoms with Crippen molar-refractivity contribution >= 4 is 46.4 Å². The first-order valence-corrected chi connectivity index (χ1v) is 12.3. The predicted molar refractivity (Wildman–Crippen MR) is 137 cm³/mol. The second-order valence-corrected chi connectivity index (χ2v) is 10.0. The van der Waals surface area contributed by atoms with Crippen LogP contribution in [0.15, 0.2) is 72.8 Å². The van der Waals surface area contributed by atoms with Crippen LogP contribution in [0.5, 0.6) is 23.0 Å². The highest BCUT2D eigenvalue weighted by Crippen LogP contribution is 2.42. The zero-order valence-corrected chi connectivity index (χ0v) is 21.0. The summed E-state index contributed by atoms with van der Waals surface area (Å²) in [6.07, 6.45) is -1.04. The van der Waals surface area contributed by atoms with E-state index in [0.29, 0.717) is 55.9 Å². The molecule has 2 heterocycles. The van der Waals surface area contributed by atoms with E-state index in [0.717, 1.165) is 22.3 Å². The van der Waals surface area contributed by atoms with E-state index < -0.39 is 6.16 Å². The summed E-state index contributed by atoms with van der Waals surface area (Å²) in [6.45, 7) is 0. The summed E-state index contributed by atoms with van der Waals surface area (Å²) in [5.41, 5.74) is 3.30. The third-order valence-electron chi connectivity index (χ3n) is 5.79. The first-order valence-electron chi connectivity index (χ1n) is 10.8. The molecule has 0 bridgehead atoms. The van der Waals surface area contributed by atoms with Gasteiger partial charge in [0.2, 0.25) is 0 Å². The summed E-state index contributed by atoms with van der Waals surface area (Å²) in [5, 5.41) is 2.30. The molecule has 35 heavy (non-hydrogen) atoms. The zero-order valence-electron chi connectivity index (χ0n) is 18.0. The highest BCUT2D eigenvalue weighted by atomic mass is 35.5. The summed E-state index contributed by atoms with van der Waals surface area (Å²) in [7, 11) is 0. The number of hydrogen-bond donors (Lipinski definition) is 0. The molecule has 0 N–H and O–H groups in total. The lowest BCUT2D eigenvalue weighted by Crippen LogP contribution is -2.54. The molecule has 8 heteroatoms. The zero-order chi connectivity index (χ0) is 24.2. The number of ether oxygens (including phenoxy) is 4. The van der Waals surface area contributed by atoms with Crippen molar-refractivity contribution in [3.05, 3.63) is 115 Å². The smallest absolute Gasteiger partial charge is 0.386 e. The van der Waals surface area contributed by atoms with E-state index in [1.54, 1.807) is 48.5 Å². The Labute approximate surface area is 221 Å². The molecule has 0 unspecified atom stereocenters. The van der Waals surface area contributed by atoms with Gasteiger partial charge in [-0.3, -0.25) is 0 Å². The third kappa shape index (κ3) is 4.48. The Morgan fingerprint density at radius 3 is 0.943 bits per heavy atom. The van der Waals surface area contributed by atoms with Gasteiger partial charge in [0.05, 0.1) is 0 Å². The van der Waals surface area contributed by atoms with Gasteiger partial charge in [-0.15, -0.1) is 0 Å². The van der Waals surface area contributed by atoms with Gasteiger partial charge in [-0.2, -0.15) is 0 Å². The maximum absolute atomic E-state index is 6.39. The van der Waals surface area contributed by atoms with Crippen molar-refractivity contribution in [1.82, 2.24) is 0 Å². The lowest BCUT2D eigenvalue weighted by Gasteiger charge is -2.36. The summed E-state index contributed by atoms with van der Waals surface area (Å²) in [6, 6.07) is 21.3. The van der Waals surface area contributed by atoms with Crippen LogP contribution >= 0.6 is 46.4 Å². The molecule has 0 aliphatic carbocycles. The first kappa shape index (κ1) is 22.7. The molecule has 0 radical (unpaired) electrons. The summed E-state index contributed by atoms with van der Waals surface area (Å²) in [5.74, 6) is 1.97. The lowest BCUT2D eigenvalue weighted by molar-refractivity contribution is -0.368. The fraction of sp³-hybridized carbons (Fsp3) is 0.111. The molecule has 0 saturated heterocycles. The SMILES string of the molecule is Clc1ccc2c(c1)Cc1cc(Cl)ccc1OC1(O2)Oc2ccc(Cl)cc2Cc2cc(Cl)ccc2O1. The fourth-order valence-electron chi connectivity index (χ4n) is 4.22. The molecule has 4 aromatic rings. The van der Waals surface area contributed by atoms with Crippen LogP contribution in [0, 0.1) is 0 Å². The van der Waals surface area contributed by atoms with Crippen LogP contribution in [-0.4, -0.2) is 6.16 Å². The van der Waals surface area contributed by atoms with Crippen LogP contribution in [0.4, 0.5) is 0 Å². The topological polar surface area (TPSA) is 36.9 Å². The molecular weight excluding hydrogens is 530 g/mol. The van der Waals surface area contributed by atoms with Crippen molar-refractivity contribution < 1.29 is 18.9 Å². The van der Waals surface area contributed by atoms with Gasteiger partial charge >= 0.3 is 6.16 Å². The van der Waals surface area contributed by atoms with E-state index in [1.165, 1.54) is 0 Å². The summed E-state index contributed by atoms with van der Waals surface area (Å²) < 4.78 is 25.6. The minimum atomic E-state index is -2.02. The van der Waals surface area contributed by atoms with Crippen molar-refractivity contribution in [2.45, 2.75) is 19.0 Å². The highest BCUT2D eigenvalue weighted by Gasteiger charge is 2.47. The molecule has 176 valence electrons. The minimum Gasteiger partial charge on any atom is -0.386 e. The molecule has 1 spiro atoms. The first-order chi connectivity index (χ1) is 16.9. The Balaban J connectivity index is 1.58. The lowest BCUT2D eigenvalue weighted by atomic mass is 10.0. The van der Waals surface area contributed by atoms with Crippen LogP contribution in [0.25, 0.3) is 0 Å². The van der Waals surface area contributed by atoms with Gasteiger partial charge in [0.25, 0.3) is 0 Å². The van der Waals surface area contributed by atoms with Gasteiger partial charge in [-0.05, 0) is 72.8 Å². The normalized spacial score (nSPS) is 15.2. The van der Waals surface area contributed by atoms with E-state index in [9.17, 15) is 0 Å². The van der Waals surface area contributed by atoms with Crippen LogP contribution in [0.2, 0.25) is 20.1 Å². The standard InChI is InChI=1S/C27H16Cl4O4/c28-19-1-5-23-15(11-19)9-16-12-20(29)2-6-24(16)33-27(32-23)34-25-7-3-21(30)13-17(25)10-18-14-22(31)4-8-26(18)35-27/h1-8,11-14H,9-10H2. The number of halogens is 4. The number of rotatable bonds is 0. The summed E-state index contributed by atoms with van der Waals surface area (Å²) >= 11 is 25.3. The van der Waals surface area contributed by atoms with E-state index in [4.69, 9.17) is 65.4 Å². The van der Waals surface area contributed by atoms with Crippen molar-refractivity contribution in [1.29, 1.82) is 0 Å². The number of benzene rings is 4. The molecule has 0 aromatic heterocycles. The van der Waals surface area contributed by atoms with Gasteiger partial charge in [-0.1, -0.05) is 46.4 Å². The Hall–Kier alpha value is -2.76. The Bertz CT molecular complexity index is 1250. The van der Waals surface area contributed by atoms with Crippen molar-refractivity contribution in [3.63, 3.8) is 0 Å². The minimum absolute atomic E-state index is 0.486. The van der Waals surface area contributed by atoms with Crippen molar-refractivity contribution in [2.75, 3.05) is 0 Å². The van der Waals surface area contributed by atoms with Crippen LogP contribution < -0.4 is 18.9 Å². The average Bonchev–Trinajstić information content (AvgIpc) is 2.79. The van der Waals surface area contributed by atoms with E-state index >= 15 is 0 Å². The molecule has 2 aliphatic heterocycles. The van der Waals surface area contributed by atoms with E-state index in [1.807, 2.05) is 24.3 Å². The highest BCUT2D eigenvalue weighted by molar-refractivity contribution is 6.31. The average molecular weight is 546 g/mol. The second kappa shape index (κ2) is 8.72. The maximum atomic E-state index is 6.39. The third-order valence-corrected chi connectivity index (χ3v) is 6.73. The second-order valence-electron chi connectivity index (χ2n) is 8.27. The molecule has 2 aliphatic rings. The van der Waals surface area contributed by atoms with E-state index in [-0.39, 0.29) is 0 Å². The van der Waals surface area contributed by atoms with Gasteiger partial charge < -0.3 is 18.9 Å². The van der Waals surface area contributed by atoms with Gasteiger partial charge in [0.1, 0.15) is 23.0 Å². The quantitative estimate of drug-likeness (QED) is 0.222. The van der Waals surface area contributed by atoms with Crippen molar-refractivity contribution in [3.8, 4) is 23.0 Å². The van der Waals surface area contributed by atoms with Crippen molar-refractivity contribution in [2.24, 2.45) is 0 Å². The molecule has 0 saturated carbocycles. The molecule has 6 rings (SSSR count). The van der Waals surface area contributed by atoms with Crippen LogP contribution in [0.3, 0.4) is 0 Å². The molecule has 0 amide bonds. The Morgan fingerprint density at radius 2 is 0.686 bits per heavy atom. The summed E-state index contributed by atoms with van der Waals surface area (Å²) in [4.78, 5) is 0. The molecule has 4 aromatic carbocycles. The molecular formula is C27H16Cl4O4. The van der Waals surface area contributed by atoms with Crippen LogP contribution in [-0.2, 0) is 12.8 Å². The number of fused-ring (bicyclic) bond motifs is 4. The largest absolute Gasteiger partial charge is 0.611 e. The monoisotopic (exact) mass is 544 g/mol. The van der Waals surface area contributed by atoms with E-state index in [2.05, 4.69) is 0 Å². The Morgan fingerprint density at radius 1 is 0.429 bits per heavy atom. The maximum Gasteiger partial charge on any atom is 0.611 e. The van der Waals surface area contributed by atoms with Crippen LogP contribution in [0.1, 0.15) is 22.3 Å². The van der Waals surface area contributed by atoms with Gasteiger partial charge in [-0.25, -0.2) is 0 Å². The molecule has 4 nitrogen and oxygen atoms in total. The molecule has 0 fully saturated rings. The van der Waals surface area contributed by atoms with Gasteiger partial charge in [0.15, 0.2) is 0 Å². The number of hydrogen-bond acceptors (Lipinski definition) is 4. The molecule has 0 atom stereocenters.